The van der Waals surface area contributed by atoms with E-state index in [9.17, 15) is 4.79 Å². The summed E-state index contributed by atoms with van der Waals surface area (Å²) in [7, 11) is 0. The first kappa shape index (κ1) is 12.3. The molecule has 3 rings (SSSR count). The van der Waals surface area contributed by atoms with Gasteiger partial charge in [-0.05, 0) is 36.5 Å². The maximum absolute atomic E-state index is 12.5. The molecule has 2 aromatic rings. The first-order valence-corrected chi connectivity index (χ1v) is 7.28. The van der Waals surface area contributed by atoms with Gasteiger partial charge in [-0.2, -0.15) is 0 Å². The van der Waals surface area contributed by atoms with Crippen molar-refractivity contribution in [1.82, 2.24) is 14.5 Å². The van der Waals surface area contributed by atoms with Gasteiger partial charge in [0.2, 0.25) is 0 Å². The lowest BCUT2D eigenvalue weighted by molar-refractivity contribution is 0.0643. The van der Waals surface area contributed by atoms with E-state index in [1.54, 1.807) is 11.6 Å². The van der Waals surface area contributed by atoms with E-state index >= 15 is 0 Å². The molecule has 2 aromatic heterocycles. The highest BCUT2D eigenvalue weighted by atomic mass is 32.1. The van der Waals surface area contributed by atoms with Gasteiger partial charge in [-0.1, -0.05) is 17.3 Å². The molecular weight excluding hydrogens is 262 g/mol. The summed E-state index contributed by atoms with van der Waals surface area (Å²) in [5.41, 5.74) is 0.434. The van der Waals surface area contributed by atoms with E-state index in [-0.39, 0.29) is 5.91 Å². The minimum atomic E-state index is -0.0444. The van der Waals surface area contributed by atoms with Crippen molar-refractivity contribution in [2.45, 2.75) is 38.3 Å². The Hall–Kier alpha value is -1.69. The number of carbonyl (C=O) groups excluding carboxylic acids is 1. The first-order chi connectivity index (χ1) is 9.34. The zero-order chi connectivity index (χ0) is 13.1. The molecule has 5 nitrogen and oxygen atoms in total. The molecule has 0 aromatic carbocycles. The summed E-state index contributed by atoms with van der Waals surface area (Å²) in [5.74, 6) is 0.764. The van der Waals surface area contributed by atoms with Gasteiger partial charge in [0, 0.05) is 11.4 Å². The summed E-state index contributed by atoms with van der Waals surface area (Å²) in [6.45, 7) is 0.508. The SMILES string of the molecule is O=C(c1csnn1)N(Cc1ccco1)C1CCCC1. The Labute approximate surface area is 115 Å². The Kier molecular flexibility index (Phi) is 3.59. The molecule has 1 aliphatic carbocycles. The van der Waals surface area contributed by atoms with Crippen LogP contribution in [0.4, 0.5) is 0 Å². The maximum Gasteiger partial charge on any atom is 0.275 e. The van der Waals surface area contributed by atoms with Gasteiger partial charge in [0.1, 0.15) is 5.76 Å². The first-order valence-electron chi connectivity index (χ1n) is 6.45. The van der Waals surface area contributed by atoms with E-state index < -0.39 is 0 Å². The van der Waals surface area contributed by atoms with Gasteiger partial charge in [-0.3, -0.25) is 4.79 Å². The summed E-state index contributed by atoms with van der Waals surface area (Å²) >= 11 is 1.20. The van der Waals surface area contributed by atoms with Crippen LogP contribution in [0.2, 0.25) is 0 Å². The molecule has 0 bridgehead atoms. The fourth-order valence-electron chi connectivity index (χ4n) is 2.56. The molecule has 0 atom stereocenters. The Morgan fingerprint density at radius 2 is 2.32 bits per heavy atom. The smallest absolute Gasteiger partial charge is 0.275 e. The third-order valence-electron chi connectivity index (χ3n) is 3.51. The number of hydrogen-bond donors (Lipinski definition) is 0. The van der Waals surface area contributed by atoms with E-state index in [2.05, 4.69) is 9.59 Å². The van der Waals surface area contributed by atoms with Crippen molar-refractivity contribution in [2.24, 2.45) is 0 Å². The monoisotopic (exact) mass is 277 g/mol. The maximum atomic E-state index is 12.5. The third kappa shape index (κ3) is 2.68. The molecule has 0 aliphatic heterocycles. The quantitative estimate of drug-likeness (QED) is 0.862. The second-order valence-electron chi connectivity index (χ2n) is 4.74. The van der Waals surface area contributed by atoms with E-state index in [1.165, 1.54) is 24.4 Å². The Balaban J connectivity index is 1.81. The van der Waals surface area contributed by atoms with Crippen LogP contribution in [-0.4, -0.2) is 26.4 Å². The van der Waals surface area contributed by atoms with Crippen molar-refractivity contribution in [1.29, 1.82) is 0 Å². The molecule has 19 heavy (non-hydrogen) atoms. The summed E-state index contributed by atoms with van der Waals surface area (Å²) in [6, 6.07) is 4.03. The highest BCUT2D eigenvalue weighted by Gasteiger charge is 2.29. The van der Waals surface area contributed by atoms with Crippen molar-refractivity contribution in [3.05, 3.63) is 35.2 Å². The topological polar surface area (TPSA) is 59.2 Å². The average Bonchev–Trinajstić information content (AvgIpc) is 3.15. The van der Waals surface area contributed by atoms with E-state index in [1.807, 2.05) is 17.0 Å². The number of rotatable bonds is 4. The predicted octanol–water partition coefficient (Wildman–Crippen LogP) is 2.72. The zero-order valence-corrected chi connectivity index (χ0v) is 11.3. The molecule has 0 unspecified atom stereocenters. The Morgan fingerprint density at radius 3 is 2.95 bits per heavy atom. The minimum Gasteiger partial charge on any atom is -0.467 e. The van der Waals surface area contributed by atoms with Crippen LogP contribution in [0.25, 0.3) is 0 Å². The van der Waals surface area contributed by atoms with E-state index in [4.69, 9.17) is 4.42 Å². The van der Waals surface area contributed by atoms with Crippen LogP contribution in [0, 0.1) is 0 Å². The fraction of sp³-hybridized carbons (Fsp3) is 0.462. The lowest BCUT2D eigenvalue weighted by atomic mass is 10.2. The fourth-order valence-corrected chi connectivity index (χ4v) is 2.99. The molecule has 0 saturated heterocycles. The van der Waals surface area contributed by atoms with Crippen molar-refractivity contribution >= 4 is 17.4 Å². The van der Waals surface area contributed by atoms with Gasteiger partial charge < -0.3 is 9.32 Å². The zero-order valence-electron chi connectivity index (χ0n) is 10.5. The molecule has 1 amide bonds. The molecule has 2 heterocycles. The number of amides is 1. The van der Waals surface area contributed by atoms with Crippen LogP contribution in [0.5, 0.6) is 0 Å². The molecule has 0 radical (unpaired) electrons. The summed E-state index contributed by atoms with van der Waals surface area (Å²) in [6.07, 6.45) is 6.12. The minimum absolute atomic E-state index is 0.0444. The van der Waals surface area contributed by atoms with Gasteiger partial charge in [0.25, 0.3) is 5.91 Å². The normalized spacial score (nSPS) is 15.8. The van der Waals surface area contributed by atoms with Crippen LogP contribution in [0.1, 0.15) is 41.9 Å². The second kappa shape index (κ2) is 5.52. The van der Waals surface area contributed by atoms with Gasteiger partial charge in [0.05, 0.1) is 12.8 Å². The number of furan rings is 1. The van der Waals surface area contributed by atoms with Crippen LogP contribution in [-0.2, 0) is 6.54 Å². The Morgan fingerprint density at radius 1 is 1.47 bits per heavy atom. The summed E-state index contributed by atoms with van der Waals surface area (Å²) in [4.78, 5) is 14.4. The molecule has 100 valence electrons. The van der Waals surface area contributed by atoms with Gasteiger partial charge >= 0.3 is 0 Å². The van der Waals surface area contributed by atoms with Gasteiger partial charge in [0.15, 0.2) is 5.69 Å². The van der Waals surface area contributed by atoms with Gasteiger partial charge in [-0.15, -0.1) is 5.10 Å². The van der Waals surface area contributed by atoms with Crippen molar-refractivity contribution < 1.29 is 9.21 Å². The van der Waals surface area contributed by atoms with E-state index in [0.29, 0.717) is 18.3 Å². The van der Waals surface area contributed by atoms with Crippen LogP contribution in [0.15, 0.2) is 28.2 Å². The number of carbonyl (C=O) groups is 1. The summed E-state index contributed by atoms with van der Waals surface area (Å²) < 4.78 is 9.13. The molecule has 1 fully saturated rings. The van der Waals surface area contributed by atoms with Gasteiger partial charge in [-0.25, -0.2) is 0 Å². The lowest BCUT2D eigenvalue weighted by Crippen LogP contribution is -2.38. The molecule has 1 saturated carbocycles. The average molecular weight is 277 g/mol. The third-order valence-corrected chi connectivity index (χ3v) is 4.02. The number of hydrogen-bond acceptors (Lipinski definition) is 5. The molecule has 0 N–H and O–H groups in total. The number of nitrogens with zero attached hydrogens (tertiary/aromatic N) is 3. The Bertz CT molecular complexity index is 518. The van der Waals surface area contributed by atoms with Crippen molar-refractivity contribution in [3.8, 4) is 0 Å². The van der Waals surface area contributed by atoms with Crippen LogP contribution >= 0.6 is 11.5 Å². The van der Waals surface area contributed by atoms with Crippen LogP contribution < -0.4 is 0 Å². The highest BCUT2D eigenvalue weighted by molar-refractivity contribution is 7.03. The summed E-state index contributed by atoms with van der Waals surface area (Å²) in [5, 5.41) is 5.59. The number of aromatic nitrogens is 2. The molecule has 1 aliphatic rings. The van der Waals surface area contributed by atoms with Crippen molar-refractivity contribution in [2.75, 3.05) is 0 Å². The lowest BCUT2D eigenvalue weighted by Gasteiger charge is -2.27. The van der Waals surface area contributed by atoms with Crippen molar-refractivity contribution in [3.63, 3.8) is 0 Å². The standard InChI is InChI=1S/C13H15N3O2S/c17-13(12-9-19-15-14-12)16(10-4-1-2-5-10)8-11-6-3-7-18-11/h3,6-7,9-10H,1-2,4-5,8H2. The second-order valence-corrected chi connectivity index (χ2v) is 5.35. The van der Waals surface area contributed by atoms with E-state index in [0.717, 1.165) is 18.6 Å². The largest absolute Gasteiger partial charge is 0.467 e. The predicted molar refractivity (Wildman–Crippen MR) is 70.7 cm³/mol. The molecule has 6 heteroatoms. The highest BCUT2D eigenvalue weighted by Crippen LogP contribution is 2.26. The molecule has 0 spiro atoms. The molecular formula is C13H15N3O2S. The van der Waals surface area contributed by atoms with Crippen LogP contribution in [0.3, 0.4) is 0 Å².